The summed E-state index contributed by atoms with van der Waals surface area (Å²) >= 11 is 1.12. The molecule has 1 saturated heterocycles. The van der Waals surface area contributed by atoms with Crippen molar-refractivity contribution in [3.8, 4) is 0 Å². The van der Waals surface area contributed by atoms with Crippen LogP contribution in [0.2, 0.25) is 0 Å². The lowest BCUT2D eigenvalue weighted by atomic mass is 10.1. The molecular formula is C12H19N3O3S2. The van der Waals surface area contributed by atoms with Crippen LogP contribution in [0.1, 0.15) is 32.1 Å². The predicted octanol–water partition coefficient (Wildman–Crippen LogP) is 1.64. The smallest absolute Gasteiger partial charge is 0.187 e. The Hall–Kier alpha value is -0.860. The van der Waals surface area contributed by atoms with E-state index in [9.17, 15) is 8.42 Å². The molecule has 3 N–H and O–H groups in total. The van der Waals surface area contributed by atoms with E-state index in [4.69, 9.17) is 10.5 Å². The van der Waals surface area contributed by atoms with Crippen LogP contribution in [0.4, 0.5) is 10.8 Å². The van der Waals surface area contributed by atoms with Gasteiger partial charge in [0.1, 0.15) is 9.90 Å². The van der Waals surface area contributed by atoms with Gasteiger partial charge in [0.2, 0.25) is 0 Å². The summed E-state index contributed by atoms with van der Waals surface area (Å²) in [7, 11) is -3.32. The van der Waals surface area contributed by atoms with E-state index >= 15 is 0 Å². The van der Waals surface area contributed by atoms with Crippen molar-refractivity contribution in [1.82, 2.24) is 4.37 Å². The molecule has 2 fully saturated rings. The highest BCUT2D eigenvalue weighted by molar-refractivity contribution is 7.92. The molecule has 0 aromatic carbocycles. The Balaban J connectivity index is 1.73. The number of nitrogens with zero attached hydrogens (tertiary/aromatic N) is 1. The minimum atomic E-state index is -3.32. The predicted molar refractivity (Wildman–Crippen MR) is 78.8 cm³/mol. The number of sulfone groups is 1. The number of rotatable bonds is 5. The molecule has 8 heteroatoms. The monoisotopic (exact) mass is 317 g/mol. The van der Waals surface area contributed by atoms with Crippen LogP contribution < -0.4 is 11.1 Å². The summed E-state index contributed by atoms with van der Waals surface area (Å²) in [4.78, 5) is 0.195. The van der Waals surface area contributed by atoms with Crippen molar-refractivity contribution >= 4 is 32.2 Å². The van der Waals surface area contributed by atoms with Crippen LogP contribution in [0.15, 0.2) is 4.90 Å². The van der Waals surface area contributed by atoms with Gasteiger partial charge in [0.15, 0.2) is 15.7 Å². The van der Waals surface area contributed by atoms with E-state index in [1.54, 1.807) is 0 Å². The second kappa shape index (κ2) is 5.50. The van der Waals surface area contributed by atoms with Gasteiger partial charge in [-0.05, 0) is 43.6 Å². The molecule has 1 atom stereocenters. The summed E-state index contributed by atoms with van der Waals surface area (Å²) in [5.74, 6) is 0.119. The highest BCUT2D eigenvalue weighted by atomic mass is 32.2. The molecule has 1 aliphatic heterocycles. The highest BCUT2D eigenvalue weighted by Crippen LogP contribution is 2.41. The molecule has 0 radical (unpaired) electrons. The fourth-order valence-corrected chi connectivity index (χ4v) is 5.29. The second-order valence-electron chi connectivity index (χ2n) is 5.34. The maximum atomic E-state index is 12.4. The third kappa shape index (κ3) is 2.77. The molecule has 1 aliphatic carbocycles. The van der Waals surface area contributed by atoms with Crippen LogP contribution in [0, 0.1) is 0 Å². The maximum Gasteiger partial charge on any atom is 0.187 e. The van der Waals surface area contributed by atoms with Crippen LogP contribution in [0.25, 0.3) is 0 Å². The third-order valence-corrected chi connectivity index (χ3v) is 6.97. The summed E-state index contributed by atoms with van der Waals surface area (Å²) in [6, 6.07) is 0. The molecule has 1 aromatic heterocycles. The lowest BCUT2D eigenvalue weighted by molar-refractivity contribution is 0.0248. The van der Waals surface area contributed by atoms with Crippen molar-refractivity contribution in [2.24, 2.45) is 0 Å². The molecule has 3 rings (SSSR count). The van der Waals surface area contributed by atoms with Crippen LogP contribution in [0.5, 0.6) is 0 Å². The molecular weight excluding hydrogens is 298 g/mol. The zero-order valence-electron chi connectivity index (χ0n) is 11.2. The molecule has 2 heterocycles. The highest BCUT2D eigenvalue weighted by Gasteiger charge is 2.40. The first kappa shape index (κ1) is 14.1. The number of nitrogen functional groups attached to an aromatic ring is 1. The van der Waals surface area contributed by atoms with Crippen LogP contribution in [-0.2, 0) is 14.6 Å². The molecule has 0 spiro atoms. The molecule has 0 amide bonds. The van der Waals surface area contributed by atoms with Crippen LogP contribution in [0.3, 0.4) is 0 Å². The van der Waals surface area contributed by atoms with E-state index < -0.39 is 9.84 Å². The zero-order chi connectivity index (χ0) is 14.2. The average Bonchev–Trinajstić information content (AvgIpc) is 3.22. The van der Waals surface area contributed by atoms with E-state index in [-0.39, 0.29) is 22.1 Å². The molecule has 2 aliphatic rings. The van der Waals surface area contributed by atoms with Crippen molar-refractivity contribution in [2.45, 2.75) is 48.4 Å². The number of ether oxygens (including phenoxy) is 1. The van der Waals surface area contributed by atoms with Gasteiger partial charge < -0.3 is 15.8 Å². The molecule has 6 nitrogen and oxygen atoms in total. The standard InChI is InChI=1S/C12H19N3O3S2/c13-11-10(20(16,17)9-4-5-9)12(19-15-11)14-7-8-3-1-2-6-18-8/h8-9,14H,1-7H2,(H2,13,15). The largest absolute Gasteiger partial charge is 0.382 e. The van der Waals surface area contributed by atoms with Gasteiger partial charge in [-0.25, -0.2) is 8.42 Å². The summed E-state index contributed by atoms with van der Waals surface area (Å²) in [5, 5.41) is 3.45. The van der Waals surface area contributed by atoms with E-state index in [1.807, 2.05) is 0 Å². The second-order valence-corrected chi connectivity index (χ2v) is 8.28. The van der Waals surface area contributed by atoms with Crippen LogP contribution in [-0.4, -0.2) is 37.3 Å². The quantitative estimate of drug-likeness (QED) is 0.857. The van der Waals surface area contributed by atoms with Crippen molar-refractivity contribution in [2.75, 3.05) is 24.2 Å². The molecule has 20 heavy (non-hydrogen) atoms. The summed E-state index contributed by atoms with van der Waals surface area (Å²) in [6.45, 7) is 1.39. The maximum absolute atomic E-state index is 12.4. The van der Waals surface area contributed by atoms with Gasteiger partial charge >= 0.3 is 0 Å². The topological polar surface area (TPSA) is 94.3 Å². The lowest BCUT2D eigenvalue weighted by Crippen LogP contribution is -2.27. The number of anilines is 2. The van der Waals surface area contributed by atoms with E-state index in [0.29, 0.717) is 11.5 Å². The summed E-state index contributed by atoms with van der Waals surface area (Å²) in [5.41, 5.74) is 5.75. The van der Waals surface area contributed by atoms with Crippen molar-refractivity contribution < 1.29 is 13.2 Å². The molecule has 0 bridgehead atoms. The van der Waals surface area contributed by atoms with Gasteiger partial charge in [0, 0.05) is 13.2 Å². The van der Waals surface area contributed by atoms with Gasteiger partial charge in [-0.1, -0.05) is 0 Å². The third-order valence-electron chi connectivity index (χ3n) is 3.69. The van der Waals surface area contributed by atoms with E-state index in [2.05, 4.69) is 9.69 Å². The summed E-state index contributed by atoms with van der Waals surface area (Å²) in [6.07, 6.45) is 4.86. The van der Waals surface area contributed by atoms with Gasteiger partial charge in [-0.3, -0.25) is 0 Å². The van der Waals surface area contributed by atoms with Crippen molar-refractivity contribution in [1.29, 1.82) is 0 Å². The molecule has 1 unspecified atom stereocenters. The molecule has 1 aromatic rings. The van der Waals surface area contributed by atoms with E-state index in [1.165, 1.54) is 0 Å². The Labute approximate surface area is 122 Å². The number of nitrogens with two attached hydrogens (primary N) is 1. The van der Waals surface area contributed by atoms with Gasteiger partial charge in [-0.2, -0.15) is 4.37 Å². The Morgan fingerprint density at radius 3 is 2.80 bits per heavy atom. The Kier molecular flexibility index (Phi) is 3.87. The fourth-order valence-electron chi connectivity index (χ4n) is 2.40. The summed E-state index contributed by atoms with van der Waals surface area (Å²) < 4.78 is 34.4. The lowest BCUT2D eigenvalue weighted by Gasteiger charge is -2.22. The first-order valence-electron chi connectivity index (χ1n) is 6.93. The number of hydrogen-bond donors (Lipinski definition) is 2. The zero-order valence-corrected chi connectivity index (χ0v) is 12.8. The minimum absolute atomic E-state index is 0.119. The first-order chi connectivity index (χ1) is 9.59. The Bertz CT molecular complexity index is 575. The van der Waals surface area contributed by atoms with Crippen LogP contribution >= 0.6 is 11.5 Å². The van der Waals surface area contributed by atoms with Crippen molar-refractivity contribution in [3.63, 3.8) is 0 Å². The molecule has 112 valence electrons. The minimum Gasteiger partial charge on any atom is -0.382 e. The number of hydrogen-bond acceptors (Lipinski definition) is 7. The van der Waals surface area contributed by atoms with Gasteiger partial charge in [0.05, 0.1) is 11.4 Å². The van der Waals surface area contributed by atoms with Crippen molar-refractivity contribution in [3.05, 3.63) is 0 Å². The van der Waals surface area contributed by atoms with Gasteiger partial charge in [0.25, 0.3) is 0 Å². The Morgan fingerprint density at radius 2 is 2.15 bits per heavy atom. The average molecular weight is 317 g/mol. The molecule has 1 saturated carbocycles. The fraction of sp³-hybridized carbons (Fsp3) is 0.750. The van der Waals surface area contributed by atoms with Gasteiger partial charge in [-0.15, -0.1) is 0 Å². The van der Waals surface area contributed by atoms with E-state index in [0.717, 1.165) is 50.2 Å². The normalized spacial score (nSPS) is 23.7. The SMILES string of the molecule is Nc1nsc(NCC2CCCCO2)c1S(=O)(=O)C1CC1. The first-order valence-corrected chi connectivity index (χ1v) is 9.25. The number of aromatic nitrogens is 1. The Morgan fingerprint density at radius 1 is 1.35 bits per heavy atom. The number of nitrogens with one attached hydrogen (secondary N) is 1.